The summed E-state index contributed by atoms with van der Waals surface area (Å²) in [5.74, 6) is -0.478. The van der Waals surface area contributed by atoms with Crippen molar-refractivity contribution >= 4 is 33.2 Å². The van der Waals surface area contributed by atoms with Gasteiger partial charge in [0, 0.05) is 6.08 Å². The second-order valence-electron chi connectivity index (χ2n) is 9.54. The van der Waals surface area contributed by atoms with Gasteiger partial charge in [0.1, 0.15) is 5.71 Å². The van der Waals surface area contributed by atoms with Gasteiger partial charge in [0.2, 0.25) is 0 Å². The number of aliphatic imine (C=N–C) groups is 1. The van der Waals surface area contributed by atoms with Crippen LogP contribution in [0.2, 0.25) is 0 Å². The molecular formula is C32H28N2O3. The van der Waals surface area contributed by atoms with Crippen LogP contribution < -0.4 is 0 Å². The standard InChI is InChI=1S/C27H23N.C5H5NO3/c1-17-18(2)27-24-13-11-21(20-9-7-19(16-28)8-10-20)15-22(24)12-14-26(27)25-6-4-3-5-23(17)25;7-5(8)4-1-2-9-3-6-4/h3-10,12,14,21H,11,13,15H2,1-2H3;1-2H,3H2,(H,7,8). The zero-order valence-corrected chi connectivity index (χ0v) is 21.0. The highest BCUT2D eigenvalue weighted by atomic mass is 16.5. The molecular weight excluding hydrogens is 460 g/mol. The van der Waals surface area contributed by atoms with E-state index in [4.69, 9.17) is 10.4 Å². The number of aliphatic carboxylic acids is 1. The number of nitrogens with zero attached hydrogens (tertiary/aromatic N) is 2. The number of hydrogen-bond acceptors (Lipinski definition) is 4. The summed E-state index contributed by atoms with van der Waals surface area (Å²) in [5.41, 5.74) is 8.02. The van der Waals surface area contributed by atoms with Gasteiger partial charge in [-0.25, -0.2) is 9.79 Å². The van der Waals surface area contributed by atoms with E-state index in [1.165, 1.54) is 62.6 Å². The van der Waals surface area contributed by atoms with E-state index >= 15 is 0 Å². The van der Waals surface area contributed by atoms with Crippen LogP contribution in [0.3, 0.4) is 0 Å². The van der Waals surface area contributed by atoms with Gasteiger partial charge in [-0.1, -0.05) is 48.5 Å². The molecule has 5 nitrogen and oxygen atoms in total. The van der Waals surface area contributed by atoms with Gasteiger partial charge < -0.3 is 9.84 Å². The molecule has 1 unspecified atom stereocenters. The predicted molar refractivity (Wildman–Crippen MR) is 147 cm³/mol. The summed E-state index contributed by atoms with van der Waals surface area (Å²) in [6, 6.07) is 23.9. The van der Waals surface area contributed by atoms with Gasteiger partial charge in [-0.15, -0.1) is 0 Å². The fraction of sp³-hybridized carbons (Fsp3) is 0.219. The van der Waals surface area contributed by atoms with Gasteiger partial charge in [0.15, 0.2) is 6.73 Å². The number of carboxylic acids is 1. The van der Waals surface area contributed by atoms with Crippen molar-refractivity contribution < 1.29 is 14.6 Å². The molecule has 37 heavy (non-hydrogen) atoms. The third-order valence-electron chi connectivity index (χ3n) is 7.54. The van der Waals surface area contributed by atoms with E-state index < -0.39 is 5.97 Å². The second kappa shape index (κ2) is 10.3. The van der Waals surface area contributed by atoms with E-state index in [2.05, 4.69) is 78.2 Å². The number of benzene rings is 4. The van der Waals surface area contributed by atoms with Gasteiger partial charge in [0.25, 0.3) is 0 Å². The molecule has 1 N–H and O–H groups in total. The number of hydrogen-bond donors (Lipinski definition) is 1. The van der Waals surface area contributed by atoms with Crippen molar-refractivity contribution in [3.8, 4) is 6.07 Å². The first kappa shape index (κ1) is 24.3. The Labute approximate surface area is 216 Å². The van der Waals surface area contributed by atoms with Crippen molar-refractivity contribution in [2.75, 3.05) is 6.73 Å². The largest absolute Gasteiger partial charge is 0.479 e. The lowest BCUT2D eigenvalue weighted by Gasteiger charge is -2.27. The number of fused-ring (bicyclic) bond motifs is 5. The summed E-state index contributed by atoms with van der Waals surface area (Å²) in [5, 5.41) is 23.0. The van der Waals surface area contributed by atoms with E-state index in [9.17, 15) is 4.79 Å². The molecule has 0 amide bonds. The summed E-state index contributed by atoms with van der Waals surface area (Å²) in [6.45, 7) is 4.66. The SMILES string of the molecule is Cc1c(C)c2c3c(ccc2c2ccccc12)CC(c1ccc(C#N)cc1)CC3.O=C(O)C1=NCOC=C1. The van der Waals surface area contributed by atoms with Gasteiger partial charge >= 0.3 is 5.97 Å². The summed E-state index contributed by atoms with van der Waals surface area (Å²) >= 11 is 0. The minimum Gasteiger partial charge on any atom is -0.479 e. The minimum absolute atomic E-state index is 0.0428. The van der Waals surface area contributed by atoms with Gasteiger partial charge in [-0.3, -0.25) is 0 Å². The van der Waals surface area contributed by atoms with Crippen LogP contribution in [0.4, 0.5) is 0 Å². The van der Waals surface area contributed by atoms with Gasteiger partial charge in [-0.2, -0.15) is 5.26 Å². The fourth-order valence-electron chi connectivity index (χ4n) is 5.51. The van der Waals surface area contributed by atoms with Crippen LogP contribution in [0.15, 0.2) is 78.0 Å². The van der Waals surface area contributed by atoms with Crippen LogP contribution in [0.1, 0.15) is 45.7 Å². The Morgan fingerprint density at radius 1 is 1.00 bits per heavy atom. The number of rotatable bonds is 2. The maximum absolute atomic E-state index is 10.1. The highest BCUT2D eigenvalue weighted by molar-refractivity contribution is 6.40. The molecule has 6 rings (SSSR count). The molecule has 4 aromatic rings. The van der Waals surface area contributed by atoms with Crippen LogP contribution in [0.25, 0.3) is 21.5 Å². The first-order valence-electron chi connectivity index (χ1n) is 12.5. The van der Waals surface area contributed by atoms with Crippen LogP contribution in [-0.2, 0) is 22.4 Å². The molecule has 4 aromatic carbocycles. The molecule has 0 spiro atoms. The molecule has 0 bridgehead atoms. The normalized spacial score (nSPS) is 16.1. The summed E-state index contributed by atoms with van der Waals surface area (Å²) in [6.07, 6.45) is 6.00. The molecule has 184 valence electrons. The van der Waals surface area contributed by atoms with Crippen LogP contribution in [-0.4, -0.2) is 23.5 Å². The van der Waals surface area contributed by atoms with Crippen LogP contribution in [0, 0.1) is 25.2 Å². The fourth-order valence-corrected chi connectivity index (χ4v) is 5.51. The van der Waals surface area contributed by atoms with Crippen molar-refractivity contribution in [2.24, 2.45) is 4.99 Å². The number of aryl methyl sites for hydroxylation is 3. The van der Waals surface area contributed by atoms with Crippen molar-refractivity contribution in [3.05, 3.63) is 106 Å². The molecule has 0 fully saturated rings. The summed E-state index contributed by atoms with van der Waals surface area (Å²) in [7, 11) is 0. The Hall–Kier alpha value is -4.43. The number of carbonyl (C=O) groups is 1. The quantitative estimate of drug-likeness (QED) is 0.316. The maximum atomic E-state index is 10.1. The Bertz CT molecular complexity index is 1610. The third-order valence-corrected chi connectivity index (χ3v) is 7.54. The maximum Gasteiger partial charge on any atom is 0.354 e. The zero-order valence-electron chi connectivity index (χ0n) is 21.0. The average Bonchev–Trinajstić information content (AvgIpc) is 2.96. The van der Waals surface area contributed by atoms with Crippen LogP contribution in [0.5, 0.6) is 0 Å². The molecule has 0 saturated heterocycles. The average molecular weight is 489 g/mol. The number of ether oxygens (including phenoxy) is 1. The lowest BCUT2D eigenvalue weighted by Crippen LogP contribution is -2.13. The smallest absolute Gasteiger partial charge is 0.354 e. The number of nitriles is 1. The van der Waals surface area contributed by atoms with Gasteiger partial charge in [0.05, 0.1) is 17.9 Å². The molecule has 1 heterocycles. The molecule has 0 aromatic heterocycles. The highest BCUT2D eigenvalue weighted by Crippen LogP contribution is 2.40. The highest BCUT2D eigenvalue weighted by Gasteiger charge is 2.23. The zero-order chi connectivity index (χ0) is 25.9. The topological polar surface area (TPSA) is 82.7 Å². The van der Waals surface area contributed by atoms with E-state index in [0.717, 1.165) is 18.4 Å². The Balaban J connectivity index is 0.000000265. The monoisotopic (exact) mass is 488 g/mol. The lowest BCUT2D eigenvalue weighted by atomic mass is 9.77. The summed E-state index contributed by atoms with van der Waals surface area (Å²) in [4.78, 5) is 13.7. The minimum atomic E-state index is -1.02. The second-order valence-corrected chi connectivity index (χ2v) is 9.54. The Morgan fingerprint density at radius 3 is 2.41 bits per heavy atom. The van der Waals surface area contributed by atoms with E-state index in [1.807, 2.05) is 12.1 Å². The third kappa shape index (κ3) is 4.71. The van der Waals surface area contributed by atoms with E-state index in [-0.39, 0.29) is 12.4 Å². The Morgan fingerprint density at radius 2 is 1.76 bits per heavy atom. The number of carboxylic acid groups (broad SMARTS) is 1. The summed E-state index contributed by atoms with van der Waals surface area (Å²) < 4.78 is 4.62. The Kier molecular flexibility index (Phi) is 6.74. The first-order chi connectivity index (χ1) is 18.0. The van der Waals surface area contributed by atoms with E-state index in [0.29, 0.717) is 5.92 Å². The van der Waals surface area contributed by atoms with Crippen molar-refractivity contribution in [2.45, 2.75) is 39.0 Å². The lowest BCUT2D eigenvalue weighted by molar-refractivity contribution is -0.129. The molecule has 1 aliphatic heterocycles. The molecule has 2 aliphatic rings. The molecule has 1 aliphatic carbocycles. The molecule has 0 radical (unpaired) electrons. The molecule has 0 saturated carbocycles. The van der Waals surface area contributed by atoms with Crippen molar-refractivity contribution in [1.29, 1.82) is 5.26 Å². The molecule has 5 heteroatoms. The molecule has 1 atom stereocenters. The predicted octanol–water partition coefficient (Wildman–Crippen LogP) is 6.77. The van der Waals surface area contributed by atoms with Crippen molar-refractivity contribution in [3.63, 3.8) is 0 Å². The van der Waals surface area contributed by atoms with Crippen LogP contribution >= 0.6 is 0 Å². The first-order valence-corrected chi connectivity index (χ1v) is 12.5. The van der Waals surface area contributed by atoms with E-state index in [1.54, 1.807) is 5.56 Å². The van der Waals surface area contributed by atoms with Gasteiger partial charge in [-0.05, 0) is 101 Å². The van der Waals surface area contributed by atoms with Crippen molar-refractivity contribution in [1.82, 2.24) is 0 Å².